The van der Waals surface area contributed by atoms with Gasteiger partial charge < -0.3 is 0 Å². The van der Waals surface area contributed by atoms with Crippen molar-refractivity contribution in [3.05, 3.63) is 24.3 Å². The van der Waals surface area contributed by atoms with E-state index in [0.29, 0.717) is 5.92 Å². The van der Waals surface area contributed by atoms with Gasteiger partial charge in [-0.15, -0.1) is 0 Å². The molecule has 0 spiro atoms. The molecule has 0 aromatic rings. The first-order chi connectivity index (χ1) is 26.8. The molecule has 0 N–H and O–H groups in total. The van der Waals surface area contributed by atoms with E-state index in [1.807, 2.05) is 0 Å². The van der Waals surface area contributed by atoms with E-state index in [4.69, 9.17) is 0 Å². The van der Waals surface area contributed by atoms with E-state index < -0.39 is 0 Å². The summed E-state index contributed by atoms with van der Waals surface area (Å²) >= 11 is 0. The molecule has 0 nitrogen and oxygen atoms in total. The van der Waals surface area contributed by atoms with Crippen LogP contribution in [0.1, 0.15) is 316 Å². The predicted octanol–water partition coefficient (Wildman–Crippen LogP) is 20.7. The molecule has 0 radical (unpaired) electrons. The van der Waals surface area contributed by atoms with Gasteiger partial charge in [-0.25, -0.2) is 0 Å². The lowest BCUT2D eigenvalue weighted by Gasteiger charge is -2.08. The van der Waals surface area contributed by atoms with Crippen molar-refractivity contribution in [3.63, 3.8) is 0 Å². The summed E-state index contributed by atoms with van der Waals surface area (Å²) in [6.45, 7) is 6.96. The van der Waals surface area contributed by atoms with Crippen LogP contribution in [0, 0.1) is 5.92 Å². The van der Waals surface area contributed by atoms with Crippen LogP contribution in [0.25, 0.3) is 0 Å². The van der Waals surface area contributed by atoms with Gasteiger partial charge in [-0.2, -0.15) is 0 Å². The fourth-order valence-corrected chi connectivity index (χ4v) is 8.46. The molecule has 0 rings (SSSR count). The van der Waals surface area contributed by atoms with Gasteiger partial charge in [-0.1, -0.05) is 308 Å². The fourth-order valence-electron chi connectivity index (χ4n) is 8.46. The molecule has 0 heterocycles. The van der Waals surface area contributed by atoms with Crippen molar-refractivity contribution < 1.29 is 0 Å². The minimum Gasteiger partial charge on any atom is -0.0879 e. The average Bonchev–Trinajstić information content (AvgIpc) is 3.18. The third kappa shape index (κ3) is 47.6. The Labute approximate surface area is 345 Å². The molecule has 0 fully saturated rings. The number of unbranched alkanes of at least 4 members (excludes halogenated alkanes) is 42. The highest BCUT2D eigenvalue weighted by atomic mass is 14.1. The molecule has 0 aliphatic carbocycles. The quantitative estimate of drug-likeness (QED) is 0.0429. The van der Waals surface area contributed by atoms with Gasteiger partial charge in [0.05, 0.1) is 0 Å². The lowest BCUT2D eigenvalue weighted by atomic mass is 9.98. The maximum atomic E-state index is 2.55. The Balaban J connectivity index is 3.57. The second kappa shape index (κ2) is 50.5. The summed E-state index contributed by atoms with van der Waals surface area (Å²) in [6, 6.07) is 0. The topological polar surface area (TPSA) is 0 Å². The Hall–Kier alpha value is -0.520. The summed E-state index contributed by atoms with van der Waals surface area (Å²) < 4.78 is 0. The molecular weight excluding hydrogens is 649 g/mol. The Morgan fingerprint density at radius 1 is 0.222 bits per heavy atom. The molecule has 1 atom stereocenters. The van der Waals surface area contributed by atoms with Gasteiger partial charge in [0.2, 0.25) is 0 Å². The van der Waals surface area contributed by atoms with Crippen LogP contribution >= 0.6 is 0 Å². The van der Waals surface area contributed by atoms with Gasteiger partial charge in [0.15, 0.2) is 0 Å². The second-order valence-electron chi connectivity index (χ2n) is 18.0. The molecule has 0 saturated heterocycles. The lowest BCUT2D eigenvalue weighted by molar-refractivity contribution is 0.518. The molecule has 1 unspecified atom stereocenters. The zero-order valence-corrected chi connectivity index (χ0v) is 38.4. The molecule has 0 aliphatic rings. The Morgan fingerprint density at radius 3 is 0.630 bits per heavy atom. The zero-order chi connectivity index (χ0) is 38.9. The molecule has 0 bridgehead atoms. The molecule has 0 aromatic carbocycles. The highest BCUT2D eigenvalue weighted by Gasteiger charge is 2.01. The third-order valence-electron chi connectivity index (χ3n) is 12.4. The molecule has 0 aliphatic heterocycles. The van der Waals surface area contributed by atoms with E-state index in [1.165, 1.54) is 295 Å². The van der Waals surface area contributed by atoms with Gasteiger partial charge >= 0.3 is 0 Å². The third-order valence-corrected chi connectivity index (χ3v) is 12.4. The Bertz CT molecular complexity index is 686. The van der Waals surface area contributed by atoms with E-state index in [-0.39, 0.29) is 0 Å². The summed E-state index contributed by atoms with van der Waals surface area (Å²) in [4.78, 5) is 0. The van der Waals surface area contributed by atoms with Gasteiger partial charge in [0, 0.05) is 0 Å². The van der Waals surface area contributed by atoms with Gasteiger partial charge in [-0.3, -0.25) is 0 Å². The maximum Gasteiger partial charge on any atom is -0.00535 e. The molecule has 54 heavy (non-hydrogen) atoms. The van der Waals surface area contributed by atoms with Crippen molar-refractivity contribution in [2.75, 3.05) is 0 Å². The second-order valence-corrected chi connectivity index (χ2v) is 18.0. The Morgan fingerprint density at radius 2 is 0.407 bits per heavy atom. The molecule has 0 saturated carbocycles. The van der Waals surface area contributed by atoms with Gasteiger partial charge in [-0.05, 0) is 38.0 Å². The normalized spacial score (nSPS) is 12.6. The monoisotopic (exact) mass is 755 g/mol. The summed E-state index contributed by atoms with van der Waals surface area (Å²) in [5, 5.41) is 0. The van der Waals surface area contributed by atoms with Crippen LogP contribution in [-0.4, -0.2) is 0 Å². The van der Waals surface area contributed by atoms with Crippen LogP contribution in [-0.2, 0) is 0 Å². The summed E-state index contributed by atoms with van der Waals surface area (Å²) in [7, 11) is 0. The average molecular weight is 755 g/mol. The van der Waals surface area contributed by atoms with Crippen LogP contribution in [0.15, 0.2) is 24.3 Å². The van der Waals surface area contributed by atoms with Crippen molar-refractivity contribution >= 4 is 0 Å². The highest BCUT2D eigenvalue weighted by Crippen LogP contribution is 2.19. The Kier molecular flexibility index (Phi) is 50.0. The van der Waals surface area contributed by atoms with Gasteiger partial charge in [0.1, 0.15) is 0 Å². The van der Waals surface area contributed by atoms with Crippen molar-refractivity contribution in [3.8, 4) is 0 Å². The molecule has 0 amide bonds. The molecular formula is C54H106. The number of allylic oxidation sites excluding steroid dienone is 4. The lowest BCUT2D eigenvalue weighted by Crippen LogP contribution is -1.92. The SMILES string of the molecule is CCCCCCCCCCCCCCCCCCCC=CC(C=CCCCCCCCCCCCCCCCCCCCCCCCCC)CCCCC. The van der Waals surface area contributed by atoms with Gasteiger partial charge in [0.25, 0.3) is 0 Å². The maximum absolute atomic E-state index is 2.55. The van der Waals surface area contributed by atoms with E-state index in [9.17, 15) is 0 Å². The number of hydrogen-bond acceptors (Lipinski definition) is 0. The first kappa shape index (κ1) is 53.5. The van der Waals surface area contributed by atoms with Crippen molar-refractivity contribution in [1.29, 1.82) is 0 Å². The van der Waals surface area contributed by atoms with Crippen LogP contribution < -0.4 is 0 Å². The number of rotatable bonds is 48. The molecule has 322 valence electrons. The first-order valence-corrected chi connectivity index (χ1v) is 26.2. The van der Waals surface area contributed by atoms with E-state index in [2.05, 4.69) is 45.1 Å². The number of hydrogen-bond donors (Lipinski definition) is 0. The van der Waals surface area contributed by atoms with Crippen molar-refractivity contribution in [2.45, 2.75) is 316 Å². The summed E-state index contributed by atoms with van der Waals surface area (Å²) in [6.07, 6.45) is 76.7. The van der Waals surface area contributed by atoms with Crippen molar-refractivity contribution in [2.24, 2.45) is 5.92 Å². The minimum absolute atomic E-state index is 0.673. The van der Waals surface area contributed by atoms with Crippen molar-refractivity contribution in [1.82, 2.24) is 0 Å². The smallest absolute Gasteiger partial charge is 0.00535 e. The van der Waals surface area contributed by atoms with Crippen LogP contribution in [0.5, 0.6) is 0 Å². The fraction of sp³-hybridized carbons (Fsp3) is 0.926. The summed E-state index contributed by atoms with van der Waals surface area (Å²) in [5.74, 6) is 0.673. The summed E-state index contributed by atoms with van der Waals surface area (Å²) in [5.41, 5.74) is 0. The highest BCUT2D eigenvalue weighted by molar-refractivity contribution is 5.00. The largest absolute Gasteiger partial charge is 0.0879 e. The standard InChI is InChI=1S/C54H106/c1-4-7-10-12-14-16-18-20-22-24-26-27-28-29-30-31-33-35-37-39-41-43-45-47-50-53-54(51-48-9-6-3)52-49-46-44-42-40-38-36-34-32-25-23-21-19-17-15-13-11-8-5-2/h49-50,52-54H,4-48,51H2,1-3H3. The van der Waals surface area contributed by atoms with Crippen LogP contribution in [0.2, 0.25) is 0 Å². The van der Waals surface area contributed by atoms with E-state index in [1.54, 1.807) is 0 Å². The predicted molar refractivity (Wildman–Crippen MR) is 251 cm³/mol. The van der Waals surface area contributed by atoms with Crippen LogP contribution in [0.3, 0.4) is 0 Å². The molecule has 0 heteroatoms. The minimum atomic E-state index is 0.673. The van der Waals surface area contributed by atoms with Crippen LogP contribution in [0.4, 0.5) is 0 Å². The first-order valence-electron chi connectivity index (χ1n) is 26.2. The van der Waals surface area contributed by atoms with E-state index >= 15 is 0 Å². The van der Waals surface area contributed by atoms with E-state index in [0.717, 1.165) is 0 Å². The molecule has 0 aromatic heterocycles. The zero-order valence-electron chi connectivity index (χ0n) is 38.4.